The molecule has 1 atom stereocenters. The van der Waals surface area contributed by atoms with Crippen LogP contribution in [-0.4, -0.2) is 40.9 Å². The lowest BCUT2D eigenvalue weighted by molar-refractivity contribution is -0.149. The highest BCUT2D eigenvalue weighted by Gasteiger charge is 2.44. The highest BCUT2D eigenvalue weighted by atomic mass is 19.1. The molecule has 1 unspecified atom stereocenters. The molecule has 1 saturated carbocycles. The molecule has 0 spiro atoms. The fraction of sp³-hybridized carbons (Fsp3) is 0.500. The first kappa shape index (κ1) is 24.9. The largest absolute Gasteiger partial charge is 0.493 e. The molecule has 7 nitrogen and oxygen atoms in total. The molecule has 2 aromatic rings. The van der Waals surface area contributed by atoms with Crippen LogP contribution in [0, 0.1) is 17.7 Å². The van der Waals surface area contributed by atoms with Crippen molar-refractivity contribution in [2.24, 2.45) is 11.8 Å². The monoisotopic (exact) mass is 520 g/mol. The summed E-state index contributed by atoms with van der Waals surface area (Å²) in [4.78, 5) is 40.2. The number of amides is 2. The number of carboxylic acids is 1. The summed E-state index contributed by atoms with van der Waals surface area (Å²) >= 11 is 0. The standard InChI is InChI=1S/C30H33FN2O5/c1-30(2)8-5-18-14-20(15-23(31)25(18)30)32-28(36)26-21-4-3-17-7-10-38-27(17)22(21)6-9-33(26)29(37)19-11-16(12-19)13-24(34)35/h3-4,14-16,19,26H,5-13H2,1-2H3,(H,32,36)(H,34,35)/t16-,19+,26?. The van der Waals surface area contributed by atoms with E-state index in [0.29, 0.717) is 43.7 Å². The molecule has 2 heterocycles. The molecule has 2 N–H and O–H groups in total. The topological polar surface area (TPSA) is 95.9 Å². The number of aliphatic carboxylic acids is 1. The van der Waals surface area contributed by atoms with Crippen LogP contribution in [0.5, 0.6) is 5.75 Å². The predicted molar refractivity (Wildman–Crippen MR) is 139 cm³/mol. The predicted octanol–water partition coefficient (Wildman–Crippen LogP) is 4.55. The third-order valence-corrected chi connectivity index (χ3v) is 8.92. The summed E-state index contributed by atoms with van der Waals surface area (Å²) in [6.45, 7) is 5.04. The summed E-state index contributed by atoms with van der Waals surface area (Å²) in [7, 11) is 0. The van der Waals surface area contributed by atoms with Crippen LogP contribution >= 0.6 is 0 Å². The van der Waals surface area contributed by atoms with Gasteiger partial charge in [0.2, 0.25) is 5.91 Å². The number of carbonyl (C=O) groups excluding carboxylic acids is 2. The number of halogens is 1. The van der Waals surface area contributed by atoms with Crippen molar-refractivity contribution < 1.29 is 28.6 Å². The Hall–Kier alpha value is -3.42. The van der Waals surface area contributed by atoms with Crippen molar-refractivity contribution >= 4 is 23.5 Å². The van der Waals surface area contributed by atoms with Gasteiger partial charge in [-0.25, -0.2) is 4.39 Å². The Balaban J connectivity index is 1.30. The highest BCUT2D eigenvalue weighted by molar-refractivity contribution is 5.99. The van der Waals surface area contributed by atoms with Gasteiger partial charge in [0.05, 0.1) is 6.61 Å². The van der Waals surface area contributed by atoms with Crippen LogP contribution in [0.1, 0.15) is 73.4 Å². The van der Waals surface area contributed by atoms with Crippen molar-refractivity contribution in [2.45, 2.75) is 70.3 Å². The van der Waals surface area contributed by atoms with E-state index < -0.39 is 12.0 Å². The van der Waals surface area contributed by atoms with E-state index in [1.807, 2.05) is 32.0 Å². The van der Waals surface area contributed by atoms with E-state index in [1.165, 1.54) is 6.07 Å². The van der Waals surface area contributed by atoms with Crippen molar-refractivity contribution in [1.82, 2.24) is 4.90 Å². The van der Waals surface area contributed by atoms with Gasteiger partial charge >= 0.3 is 5.97 Å². The lowest BCUT2D eigenvalue weighted by atomic mass is 9.72. The van der Waals surface area contributed by atoms with Crippen LogP contribution in [0.3, 0.4) is 0 Å². The van der Waals surface area contributed by atoms with Crippen molar-refractivity contribution in [2.75, 3.05) is 18.5 Å². The molecule has 2 aliphatic heterocycles. The zero-order chi connectivity index (χ0) is 26.8. The second kappa shape index (κ2) is 9.10. The van der Waals surface area contributed by atoms with Gasteiger partial charge in [0.15, 0.2) is 0 Å². The third-order valence-electron chi connectivity index (χ3n) is 8.92. The SMILES string of the molecule is CC1(C)CCc2cc(NC(=O)C3c4ccc5c(c4CCN3C(=O)[C@H]3C[C@@H](CC(=O)O)C3)OCC5)cc(F)c21. The fourth-order valence-electron chi connectivity index (χ4n) is 6.95. The Bertz CT molecular complexity index is 1350. The van der Waals surface area contributed by atoms with Crippen LogP contribution in [0.4, 0.5) is 10.1 Å². The zero-order valence-corrected chi connectivity index (χ0v) is 21.8. The van der Waals surface area contributed by atoms with Crippen molar-refractivity contribution in [3.05, 3.63) is 57.9 Å². The van der Waals surface area contributed by atoms with Crippen LogP contribution in [0.15, 0.2) is 24.3 Å². The Morgan fingerprint density at radius 3 is 2.68 bits per heavy atom. The average Bonchev–Trinajstić information content (AvgIpc) is 3.44. The van der Waals surface area contributed by atoms with Crippen molar-refractivity contribution in [3.8, 4) is 5.75 Å². The molecule has 0 bridgehead atoms. The number of nitrogens with one attached hydrogen (secondary N) is 1. The number of anilines is 1. The quantitative estimate of drug-likeness (QED) is 0.603. The number of benzene rings is 2. The molecule has 0 radical (unpaired) electrons. The van der Waals surface area contributed by atoms with Gasteiger partial charge in [0, 0.05) is 36.6 Å². The summed E-state index contributed by atoms with van der Waals surface area (Å²) in [6, 6.07) is 6.26. The maximum atomic E-state index is 15.1. The van der Waals surface area contributed by atoms with Gasteiger partial charge in [-0.15, -0.1) is 0 Å². The number of hydrogen-bond donors (Lipinski definition) is 2. The molecule has 38 heavy (non-hydrogen) atoms. The van der Waals surface area contributed by atoms with Gasteiger partial charge in [-0.1, -0.05) is 26.0 Å². The minimum absolute atomic E-state index is 0.0129. The minimum Gasteiger partial charge on any atom is -0.493 e. The molecule has 0 saturated heterocycles. The van der Waals surface area contributed by atoms with E-state index in [-0.39, 0.29) is 41.3 Å². The number of carbonyl (C=O) groups is 3. The van der Waals surface area contributed by atoms with Crippen LogP contribution in [-0.2, 0) is 39.1 Å². The summed E-state index contributed by atoms with van der Waals surface area (Å²) in [6.07, 6.45) is 4.10. The highest BCUT2D eigenvalue weighted by Crippen LogP contribution is 2.44. The fourth-order valence-corrected chi connectivity index (χ4v) is 6.95. The Kier molecular flexibility index (Phi) is 5.96. The van der Waals surface area contributed by atoms with E-state index in [9.17, 15) is 14.4 Å². The second-order valence-electron chi connectivity index (χ2n) is 11.9. The van der Waals surface area contributed by atoms with E-state index in [1.54, 1.807) is 4.90 Å². The van der Waals surface area contributed by atoms with E-state index in [2.05, 4.69) is 5.32 Å². The normalized spacial score (nSPS) is 24.5. The van der Waals surface area contributed by atoms with Crippen molar-refractivity contribution in [3.63, 3.8) is 0 Å². The first-order valence-corrected chi connectivity index (χ1v) is 13.6. The summed E-state index contributed by atoms with van der Waals surface area (Å²) in [5.41, 5.74) is 4.59. The zero-order valence-electron chi connectivity index (χ0n) is 21.8. The molecule has 200 valence electrons. The molecule has 2 amide bonds. The maximum absolute atomic E-state index is 15.1. The molecule has 1 fully saturated rings. The number of ether oxygens (including phenoxy) is 1. The second-order valence-corrected chi connectivity index (χ2v) is 11.9. The number of nitrogens with zero attached hydrogens (tertiary/aromatic N) is 1. The van der Waals surface area contributed by atoms with Crippen molar-refractivity contribution in [1.29, 1.82) is 0 Å². The van der Waals surface area contributed by atoms with Gasteiger partial charge in [-0.3, -0.25) is 14.4 Å². The first-order chi connectivity index (χ1) is 18.1. The van der Waals surface area contributed by atoms with Crippen LogP contribution in [0.2, 0.25) is 0 Å². The Morgan fingerprint density at radius 1 is 1.13 bits per heavy atom. The van der Waals surface area contributed by atoms with Gasteiger partial charge < -0.3 is 20.1 Å². The molecular weight excluding hydrogens is 487 g/mol. The van der Waals surface area contributed by atoms with E-state index >= 15 is 4.39 Å². The molecule has 2 aliphatic carbocycles. The maximum Gasteiger partial charge on any atom is 0.303 e. The number of fused-ring (bicyclic) bond motifs is 4. The summed E-state index contributed by atoms with van der Waals surface area (Å²) < 4.78 is 21.1. The average molecular weight is 521 g/mol. The minimum atomic E-state index is -0.868. The lowest BCUT2D eigenvalue weighted by Crippen LogP contribution is -2.50. The molecule has 4 aliphatic rings. The summed E-state index contributed by atoms with van der Waals surface area (Å²) in [5.74, 6) is -1.16. The Labute approximate surface area is 221 Å². The molecule has 8 heteroatoms. The lowest BCUT2D eigenvalue weighted by Gasteiger charge is -2.42. The third kappa shape index (κ3) is 4.14. The van der Waals surface area contributed by atoms with Gasteiger partial charge in [0.25, 0.3) is 5.91 Å². The first-order valence-electron chi connectivity index (χ1n) is 13.6. The van der Waals surface area contributed by atoms with Gasteiger partial charge in [0.1, 0.15) is 17.6 Å². The van der Waals surface area contributed by atoms with Crippen LogP contribution in [0.25, 0.3) is 0 Å². The Morgan fingerprint density at radius 2 is 1.92 bits per heavy atom. The van der Waals surface area contributed by atoms with Gasteiger partial charge in [-0.2, -0.15) is 0 Å². The van der Waals surface area contributed by atoms with E-state index in [0.717, 1.165) is 47.3 Å². The van der Waals surface area contributed by atoms with E-state index in [4.69, 9.17) is 9.84 Å². The molecule has 0 aromatic heterocycles. The van der Waals surface area contributed by atoms with Crippen LogP contribution < -0.4 is 10.1 Å². The smallest absolute Gasteiger partial charge is 0.303 e. The molecular formula is C30H33FN2O5. The number of carboxylic acid groups (broad SMARTS) is 1. The number of rotatable bonds is 5. The van der Waals surface area contributed by atoms with Gasteiger partial charge in [-0.05, 0) is 77.8 Å². The number of aryl methyl sites for hydroxylation is 1. The number of hydrogen-bond acceptors (Lipinski definition) is 4. The molecule has 2 aromatic carbocycles. The molecule has 6 rings (SSSR count). The summed E-state index contributed by atoms with van der Waals surface area (Å²) in [5, 5.41) is 12.0.